The van der Waals surface area contributed by atoms with Gasteiger partial charge in [0, 0.05) is 0 Å². The highest BCUT2D eigenvalue weighted by molar-refractivity contribution is 5.31. The molecule has 17 heavy (non-hydrogen) atoms. The van der Waals surface area contributed by atoms with E-state index in [9.17, 15) is 0 Å². The molecule has 0 unspecified atom stereocenters. The third-order valence-electron chi connectivity index (χ3n) is 2.92. The van der Waals surface area contributed by atoms with E-state index in [2.05, 4.69) is 51.1 Å². The maximum absolute atomic E-state index is 5.78. The standard InChI is InChI=1S/C16H18O/c1-12-5-8-16(9-6-12)17-11-15-10-13(2)4-7-14(15)3/h4-10H,11H2,1-3H3. The molecule has 0 amide bonds. The van der Waals surface area contributed by atoms with Gasteiger partial charge in [-0.25, -0.2) is 0 Å². The van der Waals surface area contributed by atoms with Crippen LogP contribution in [0, 0.1) is 20.8 Å². The van der Waals surface area contributed by atoms with E-state index >= 15 is 0 Å². The topological polar surface area (TPSA) is 9.23 Å². The zero-order valence-electron chi connectivity index (χ0n) is 10.7. The first-order chi connectivity index (χ1) is 8.15. The first-order valence-electron chi connectivity index (χ1n) is 5.91. The fraction of sp³-hybridized carbons (Fsp3) is 0.250. The molecule has 2 aromatic rings. The van der Waals surface area contributed by atoms with E-state index < -0.39 is 0 Å². The minimum absolute atomic E-state index is 0.635. The van der Waals surface area contributed by atoms with Crippen LogP contribution in [0.1, 0.15) is 22.3 Å². The van der Waals surface area contributed by atoms with Crippen molar-refractivity contribution in [1.29, 1.82) is 0 Å². The summed E-state index contributed by atoms with van der Waals surface area (Å²) in [6.07, 6.45) is 0. The Bertz CT molecular complexity index is 497. The maximum Gasteiger partial charge on any atom is 0.119 e. The van der Waals surface area contributed by atoms with Crippen LogP contribution >= 0.6 is 0 Å². The van der Waals surface area contributed by atoms with Gasteiger partial charge in [-0.2, -0.15) is 0 Å². The van der Waals surface area contributed by atoms with Crippen LogP contribution in [0.3, 0.4) is 0 Å². The van der Waals surface area contributed by atoms with E-state index in [0.29, 0.717) is 6.61 Å². The van der Waals surface area contributed by atoms with Crippen LogP contribution in [0.15, 0.2) is 42.5 Å². The predicted octanol–water partition coefficient (Wildman–Crippen LogP) is 4.19. The quantitative estimate of drug-likeness (QED) is 0.762. The van der Waals surface area contributed by atoms with Crippen LogP contribution in [0.2, 0.25) is 0 Å². The molecule has 0 atom stereocenters. The summed E-state index contributed by atoms with van der Waals surface area (Å²) in [4.78, 5) is 0. The average Bonchev–Trinajstić information content (AvgIpc) is 2.32. The molecule has 0 heterocycles. The summed E-state index contributed by atoms with van der Waals surface area (Å²) >= 11 is 0. The smallest absolute Gasteiger partial charge is 0.119 e. The lowest BCUT2D eigenvalue weighted by atomic mass is 10.1. The van der Waals surface area contributed by atoms with Crippen molar-refractivity contribution in [2.24, 2.45) is 0 Å². The largest absolute Gasteiger partial charge is 0.489 e. The van der Waals surface area contributed by atoms with Gasteiger partial charge in [0.05, 0.1) is 0 Å². The Morgan fingerprint density at radius 2 is 1.47 bits per heavy atom. The van der Waals surface area contributed by atoms with Crippen molar-refractivity contribution in [3.63, 3.8) is 0 Å². The number of rotatable bonds is 3. The van der Waals surface area contributed by atoms with Gasteiger partial charge in [0.15, 0.2) is 0 Å². The summed E-state index contributed by atoms with van der Waals surface area (Å²) < 4.78 is 5.78. The van der Waals surface area contributed by atoms with E-state index in [1.54, 1.807) is 0 Å². The third kappa shape index (κ3) is 3.10. The van der Waals surface area contributed by atoms with E-state index in [-0.39, 0.29) is 0 Å². The van der Waals surface area contributed by atoms with Gasteiger partial charge < -0.3 is 4.74 Å². The molecule has 2 aromatic carbocycles. The number of aryl methyl sites for hydroxylation is 3. The van der Waals surface area contributed by atoms with Gasteiger partial charge in [-0.05, 0) is 44.0 Å². The van der Waals surface area contributed by atoms with Gasteiger partial charge in [-0.1, -0.05) is 41.5 Å². The van der Waals surface area contributed by atoms with E-state index in [0.717, 1.165) is 5.75 Å². The van der Waals surface area contributed by atoms with Crippen molar-refractivity contribution in [2.75, 3.05) is 0 Å². The summed E-state index contributed by atoms with van der Waals surface area (Å²) in [7, 11) is 0. The van der Waals surface area contributed by atoms with Gasteiger partial charge in [-0.3, -0.25) is 0 Å². The lowest BCUT2D eigenvalue weighted by Crippen LogP contribution is -1.98. The van der Waals surface area contributed by atoms with Crippen molar-refractivity contribution < 1.29 is 4.74 Å². The van der Waals surface area contributed by atoms with Gasteiger partial charge in [0.25, 0.3) is 0 Å². The summed E-state index contributed by atoms with van der Waals surface area (Å²) in [5, 5.41) is 0. The molecule has 1 nitrogen and oxygen atoms in total. The summed E-state index contributed by atoms with van der Waals surface area (Å²) in [5.41, 5.74) is 5.07. The maximum atomic E-state index is 5.78. The highest BCUT2D eigenvalue weighted by Gasteiger charge is 2.00. The lowest BCUT2D eigenvalue weighted by Gasteiger charge is -2.09. The summed E-state index contributed by atoms with van der Waals surface area (Å²) in [5.74, 6) is 0.927. The molecule has 0 spiro atoms. The van der Waals surface area contributed by atoms with Crippen LogP contribution < -0.4 is 4.74 Å². The molecule has 0 saturated carbocycles. The molecule has 0 bridgehead atoms. The molecular formula is C16H18O. The summed E-state index contributed by atoms with van der Waals surface area (Å²) in [6.45, 7) is 6.94. The SMILES string of the molecule is Cc1ccc(OCc2cc(C)ccc2C)cc1. The summed E-state index contributed by atoms with van der Waals surface area (Å²) in [6, 6.07) is 14.6. The number of hydrogen-bond acceptors (Lipinski definition) is 1. The van der Waals surface area contributed by atoms with Gasteiger partial charge in [0.1, 0.15) is 12.4 Å². The fourth-order valence-electron chi connectivity index (χ4n) is 1.75. The molecule has 0 aliphatic rings. The number of hydrogen-bond donors (Lipinski definition) is 0. The third-order valence-corrected chi connectivity index (χ3v) is 2.92. The second kappa shape index (κ2) is 5.05. The minimum Gasteiger partial charge on any atom is -0.489 e. The number of ether oxygens (including phenoxy) is 1. The first-order valence-corrected chi connectivity index (χ1v) is 5.91. The fourth-order valence-corrected chi connectivity index (χ4v) is 1.75. The molecule has 1 heteroatoms. The highest BCUT2D eigenvalue weighted by Crippen LogP contribution is 2.16. The molecule has 0 radical (unpaired) electrons. The Kier molecular flexibility index (Phi) is 3.48. The molecule has 0 N–H and O–H groups in total. The predicted molar refractivity (Wildman–Crippen MR) is 71.4 cm³/mol. The molecular weight excluding hydrogens is 208 g/mol. The van der Waals surface area contributed by atoms with Crippen molar-refractivity contribution in [1.82, 2.24) is 0 Å². The molecule has 0 aromatic heterocycles. The van der Waals surface area contributed by atoms with Crippen LogP contribution in [-0.2, 0) is 6.61 Å². The Hall–Kier alpha value is -1.76. The van der Waals surface area contributed by atoms with Gasteiger partial charge in [0.2, 0.25) is 0 Å². The first kappa shape index (κ1) is 11.7. The second-order valence-corrected chi connectivity index (χ2v) is 4.53. The monoisotopic (exact) mass is 226 g/mol. The zero-order chi connectivity index (χ0) is 12.3. The molecule has 0 fully saturated rings. The van der Waals surface area contributed by atoms with Crippen molar-refractivity contribution in [2.45, 2.75) is 27.4 Å². The zero-order valence-corrected chi connectivity index (χ0v) is 10.7. The van der Waals surface area contributed by atoms with Crippen molar-refractivity contribution in [3.05, 3.63) is 64.7 Å². The van der Waals surface area contributed by atoms with Gasteiger partial charge in [-0.15, -0.1) is 0 Å². The van der Waals surface area contributed by atoms with Gasteiger partial charge >= 0.3 is 0 Å². The Balaban J connectivity index is 2.07. The van der Waals surface area contributed by atoms with Crippen molar-refractivity contribution >= 4 is 0 Å². The van der Waals surface area contributed by atoms with Crippen LogP contribution in [-0.4, -0.2) is 0 Å². The molecule has 0 aliphatic carbocycles. The Morgan fingerprint density at radius 1 is 0.824 bits per heavy atom. The van der Waals surface area contributed by atoms with E-state index in [1.807, 2.05) is 12.1 Å². The average molecular weight is 226 g/mol. The Morgan fingerprint density at radius 3 is 2.18 bits per heavy atom. The van der Waals surface area contributed by atoms with Crippen LogP contribution in [0.5, 0.6) is 5.75 Å². The molecule has 0 aliphatic heterocycles. The number of benzene rings is 2. The van der Waals surface area contributed by atoms with Crippen molar-refractivity contribution in [3.8, 4) is 5.75 Å². The second-order valence-electron chi connectivity index (χ2n) is 4.53. The molecule has 88 valence electrons. The molecule has 0 saturated heterocycles. The molecule has 2 rings (SSSR count). The lowest BCUT2D eigenvalue weighted by molar-refractivity contribution is 0.305. The Labute approximate surface area is 103 Å². The minimum atomic E-state index is 0.635. The van der Waals surface area contributed by atoms with E-state index in [1.165, 1.54) is 22.3 Å². The highest BCUT2D eigenvalue weighted by atomic mass is 16.5. The normalized spacial score (nSPS) is 10.3. The van der Waals surface area contributed by atoms with Crippen LogP contribution in [0.25, 0.3) is 0 Å². The van der Waals surface area contributed by atoms with Crippen LogP contribution in [0.4, 0.5) is 0 Å². The van der Waals surface area contributed by atoms with E-state index in [4.69, 9.17) is 4.74 Å².